The third-order valence-corrected chi connectivity index (χ3v) is 5.51. The largest absolute Gasteiger partial charge is 0.314 e. The van der Waals surface area contributed by atoms with Crippen LogP contribution in [0.1, 0.15) is 33.9 Å². The summed E-state index contributed by atoms with van der Waals surface area (Å²) in [6.45, 7) is 10.6. The van der Waals surface area contributed by atoms with E-state index in [0.29, 0.717) is 5.02 Å². The molecule has 0 bridgehead atoms. The number of rotatable bonds is 3. The molecule has 2 aromatic carbocycles. The SMILES string of the molecule is Cc1cc(C)c(C(c2ccc(Cl)cc2Cl)N2CCNCC2)cc1C. The zero-order valence-electron chi connectivity index (χ0n) is 14.5. The van der Waals surface area contributed by atoms with Gasteiger partial charge < -0.3 is 5.32 Å². The van der Waals surface area contributed by atoms with E-state index in [1.165, 1.54) is 22.3 Å². The summed E-state index contributed by atoms with van der Waals surface area (Å²) in [6, 6.07) is 10.6. The highest BCUT2D eigenvalue weighted by molar-refractivity contribution is 6.35. The van der Waals surface area contributed by atoms with E-state index in [9.17, 15) is 0 Å². The van der Waals surface area contributed by atoms with Gasteiger partial charge in [-0.2, -0.15) is 0 Å². The van der Waals surface area contributed by atoms with Gasteiger partial charge in [0.1, 0.15) is 0 Å². The minimum absolute atomic E-state index is 0.163. The molecular formula is C20H24Cl2N2. The molecule has 2 nitrogen and oxygen atoms in total. The molecule has 1 heterocycles. The first kappa shape index (κ1) is 17.8. The molecule has 1 aliphatic heterocycles. The molecule has 0 radical (unpaired) electrons. The molecule has 4 heteroatoms. The second-order valence-electron chi connectivity index (χ2n) is 6.65. The zero-order valence-corrected chi connectivity index (χ0v) is 16.0. The summed E-state index contributed by atoms with van der Waals surface area (Å²) >= 11 is 12.7. The van der Waals surface area contributed by atoms with Crippen LogP contribution in [0, 0.1) is 20.8 Å². The highest BCUT2D eigenvalue weighted by atomic mass is 35.5. The quantitative estimate of drug-likeness (QED) is 0.833. The Morgan fingerprint density at radius 1 is 0.875 bits per heavy atom. The van der Waals surface area contributed by atoms with Crippen LogP contribution in [0.2, 0.25) is 10.0 Å². The molecule has 0 aliphatic carbocycles. The summed E-state index contributed by atoms with van der Waals surface area (Å²) < 4.78 is 0. The number of nitrogens with one attached hydrogen (secondary N) is 1. The molecule has 128 valence electrons. The molecule has 3 rings (SSSR count). The van der Waals surface area contributed by atoms with Crippen molar-refractivity contribution in [2.45, 2.75) is 26.8 Å². The van der Waals surface area contributed by atoms with Crippen LogP contribution < -0.4 is 5.32 Å². The van der Waals surface area contributed by atoms with Crippen molar-refractivity contribution in [1.82, 2.24) is 10.2 Å². The lowest BCUT2D eigenvalue weighted by molar-refractivity contribution is 0.198. The van der Waals surface area contributed by atoms with Gasteiger partial charge in [-0.05, 0) is 60.7 Å². The first-order chi connectivity index (χ1) is 11.5. The van der Waals surface area contributed by atoms with E-state index in [0.717, 1.165) is 36.8 Å². The summed E-state index contributed by atoms with van der Waals surface area (Å²) in [5, 5.41) is 4.86. The highest BCUT2D eigenvalue weighted by Crippen LogP contribution is 2.37. The predicted octanol–water partition coefficient (Wildman–Crippen LogP) is 4.91. The Kier molecular flexibility index (Phi) is 5.51. The molecule has 1 N–H and O–H groups in total. The summed E-state index contributed by atoms with van der Waals surface area (Å²) in [5.74, 6) is 0. The second-order valence-corrected chi connectivity index (χ2v) is 7.49. The van der Waals surface area contributed by atoms with Crippen LogP contribution in [0.25, 0.3) is 0 Å². The smallest absolute Gasteiger partial charge is 0.0620 e. The van der Waals surface area contributed by atoms with Crippen LogP contribution >= 0.6 is 23.2 Å². The number of hydrogen-bond acceptors (Lipinski definition) is 2. The Morgan fingerprint density at radius 3 is 2.21 bits per heavy atom. The predicted molar refractivity (Wildman–Crippen MR) is 103 cm³/mol. The van der Waals surface area contributed by atoms with Crippen molar-refractivity contribution in [3.05, 3.63) is 68.2 Å². The van der Waals surface area contributed by atoms with Crippen molar-refractivity contribution in [3.63, 3.8) is 0 Å². The minimum Gasteiger partial charge on any atom is -0.314 e. The maximum Gasteiger partial charge on any atom is 0.0620 e. The highest BCUT2D eigenvalue weighted by Gasteiger charge is 2.27. The molecule has 1 atom stereocenters. The summed E-state index contributed by atoms with van der Waals surface area (Å²) in [7, 11) is 0. The van der Waals surface area contributed by atoms with Crippen LogP contribution in [0.3, 0.4) is 0 Å². The van der Waals surface area contributed by atoms with Crippen molar-refractivity contribution in [2.75, 3.05) is 26.2 Å². The Bertz CT molecular complexity index is 737. The van der Waals surface area contributed by atoms with Crippen molar-refractivity contribution in [3.8, 4) is 0 Å². The molecule has 2 aromatic rings. The van der Waals surface area contributed by atoms with Gasteiger partial charge in [0.2, 0.25) is 0 Å². The van der Waals surface area contributed by atoms with E-state index < -0.39 is 0 Å². The lowest BCUT2D eigenvalue weighted by Crippen LogP contribution is -2.45. The first-order valence-corrected chi connectivity index (χ1v) is 9.20. The van der Waals surface area contributed by atoms with E-state index >= 15 is 0 Å². The lowest BCUT2D eigenvalue weighted by Gasteiger charge is -2.37. The molecule has 0 amide bonds. The van der Waals surface area contributed by atoms with Gasteiger partial charge >= 0.3 is 0 Å². The molecule has 0 saturated carbocycles. The van der Waals surface area contributed by atoms with Gasteiger partial charge in [0.25, 0.3) is 0 Å². The molecular weight excluding hydrogens is 339 g/mol. The van der Waals surface area contributed by atoms with Gasteiger partial charge in [0, 0.05) is 36.2 Å². The van der Waals surface area contributed by atoms with E-state index in [2.05, 4.69) is 49.2 Å². The summed E-state index contributed by atoms with van der Waals surface area (Å²) in [6.07, 6.45) is 0. The normalized spacial score (nSPS) is 17.0. The zero-order chi connectivity index (χ0) is 17.3. The monoisotopic (exact) mass is 362 g/mol. The van der Waals surface area contributed by atoms with Crippen LogP contribution in [0.15, 0.2) is 30.3 Å². The fourth-order valence-corrected chi connectivity index (χ4v) is 4.01. The van der Waals surface area contributed by atoms with Crippen molar-refractivity contribution < 1.29 is 0 Å². The third-order valence-electron chi connectivity index (χ3n) is 4.95. The van der Waals surface area contributed by atoms with Crippen LogP contribution in [0.5, 0.6) is 0 Å². The molecule has 1 aliphatic rings. The van der Waals surface area contributed by atoms with Gasteiger partial charge in [-0.15, -0.1) is 0 Å². The molecule has 24 heavy (non-hydrogen) atoms. The first-order valence-electron chi connectivity index (χ1n) is 8.45. The van der Waals surface area contributed by atoms with E-state index in [1.807, 2.05) is 12.1 Å². The number of piperazine rings is 1. The number of aryl methyl sites for hydroxylation is 3. The topological polar surface area (TPSA) is 15.3 Å². The molecule has 0 aromatic heterocycles. The van der Waals surface area contributed by atoms with Gasteiger partial charge in [-0.1, -0.05) is 41.4 Å². The summed E-state index contributed by atoms with van der Waals surface area (Å²) in [5.41, 5.74) is 6.43. The Hall–Kier alpha value is -1.06. The molecule has 0 spiro atoms. The van der Waals surface area contributed by atoms with Crippen molar-refractivity contribution >= 4 is 23.2 Å². The third kappa shape index (κ3) is 3.62. The van der Waals surface area contributed by atoms with Crippen LogP contribution in [-0.4, -0.2) is 31.1 Å². The summed E-state index contributed by atoms with van der Waals surface area (Å²) in [4.78, 5) is 2.52. The average Bonchev–Trinajstić information content (AvgIpc) is 2.55. The number of nitrogens with zero attached hydrogens (tertiary/aromatic N) is 1. The van der Waals surface area contributed by atoms with E-state index in [1.54, 1.807) is 0 Å². The standard InChI is InChI=1S/C20H24Cl2N2/c1-13-10-15(3)18(11-14(13)2)20(24-8-6-23-7-9-24)17-5-4-16(21)12-19(17)22/h4-5,10-12,20,23H,6-9H2,1-3H3. The number of benzene rings is 2. The Labute approximate surface area is 154 Å². The van der Waals surface area contributed by atoms with Gasteiger partial charge in [-0.3, -0.25) is 4.90 Å². The van der Waals surface area contributed by atoms with E-state index in [-0.39, 0.29) is 6.04 Å². The van der Waals surface area contributed by atoms with Crippen LogP contribution in [0.4, 0.5) is 0 Å². The molecule has 1 saturated heterocycles. The minimum atomic E-state index is 0.163. The maximum atomic E-state index is 6.59. The molecule has 1 fully saturated rings. The average molecular weight is 363 g/mol. The second kappa shape index (κ2) is 7.45. The van der Waals surface area contributed by atoms with Gasteiger partial charge in [0.05, 0.1) is 6.04 Å². The van der Waals surface area contributed by atoms with Gasteiger partial charge in [-0.25, -0.2) is 0 Å². The number of halogens is 2. The Morgan fingerprint density at radius 2 is 1.54 bits per heavy atom. The van der Waals surface area contributed by atoms with Crippen molar-refractivity contribution in [2.24, 2.45) is 0 Å². The van der Waals surface area contributed by atoms with Crippen molar-refractivity contribution in [1.29, 1.82) is 0 Å². The fraction of sp³-hybridized carbons (Fsp3) is 0.400. The fourth-order valence-electron chi connectivity index (χ4n) is 3.50. The maximum absolute atomic E-state index is 6.59. The Balaban J connectivity index is 2.13. The van der Waals surface area contributed by atoms with E-state index in [4.69, 9.17) is 23.2 Å². The lowest BCUT2D eigenvalue weighted by atomic mass is 9.90. The number of hydrogen-bond donors (Lipinski definition) is 1. The molecule has 1 unspecified atom stereocenters. The van der Waals surface area contributed by atoms with Gasteiger partial charge in [0.15, 0.2) is 0 Å². The van der Waals surface area contributed by atoms with Crippen LogP contribution in [-0.2, 0) is 0 Å².